The molecular weight excluding hydrogens is 249 g/mol. The van der Waals surface area contributed by atoms with Gasteiger partial charge >= 0.3 is 5.97 Å². The number of hydrogen-bond donors (Lipinski definition) is 1. The Morgan fingerprint density at radius 3 is 2.53 bits per heavy atom. The van der Waals surface area contributed by atoms with Crippen LogP contribution in [0.5, 0.6) is 0 Å². The monoisotopic (exact) mass is 261 g/mol. The van der Waals surface area contributed by atoms with Crippen LogP contribution in [-0.2, 0) is 10.0 Å². The molecule has 0 spiro atoms. The highest BCUT2D eigenvalue weighted by Gasteiger charge is 2.24. The third-order valence-electron chi connectivity index (χ3n) is 2.31. The van der Waals surface area contributed by atoms with Crippen molar-refractivity contribution in [1.29, 1.82) is 0 Å². The predicted molar refractivity (Wildman–Crippen MR) is 58.8 cm³/mol. The largest absolute Gasteiger partial charge is 0.478 e. The fraction of sp³-hybridized carbons (Fsp3) is 0.300. The number of aromatic carboxylic acids is 1. The van der Waals surface area contributed by atoms with E-state index in [-0.39, 0.29) is 12.1 Å². The van der Waals surface area contributed by atoms with Crippen molar-refractivity contribution in [3.05, 3.63) is 29.6 Å². The van der Waals surface area contributed by atoms with E-state index in [1.807, 2.05) is 0 Å². The molecule has 1 aromatic rings. The first kappa shape index (κ1) is 13.6. The van der Waals surface area contributed by atoms with Crippen LogP contribution in [0, 0.1) is 5.82 Å². The molecule has 0 bridgehead atoms. The minimum atomic E-state index is -3.98. The lowest BCUT2D eigenvalue weighted by Gasteiger charge is -2.15. The highest BCUT2D eigenvalue weighted by molar-refractivity contribution is 7.89. The maximum Gasteiger partial charge on any atom is 0.335 e. The lowest BCUT2D eigenvalue weighted by molar-refractivity contribution is 0.0696. The first-order valence-corrected chi connectivity index (χ1v) is 6.24. The molecule has 0 amide bonds. The Hall–Kier alpha value is -1.47. The molecule has 0 aromatic heterocycles. The summed E-state index contributed by atoms with van der Waals surface area (Å²) in [5.41, 5.74) is -0.269. The quantitative estimate of drug-likeness (QED) is 0.882. The predicted octanol–water partition coefficient (Wildman–Crippen LogP) is 1.16. The molecule has 1 aromatic carbocycles. The molecule has 0 aliphatic carbocycles. The van der Waals surface area contributed by atoms with E-state index in [0.29, 0.717) is 0 Å². The van der Waals surface area contributed by atoms with Gasteiger partial charge in [-0.3, -0.25) is 0 Å². The molecule has 17 heavy (non-hydrogen) atoms. The van der Waals surface area contributed by atoms with E-state index < -0.39 is 26.7 Å². The van der Waals surface area contributed by atoms with E-state index in [1.54, 1.807) is 6.92 Å². The zero-order valence-corrected chi connectivity index (χ0v) is 10.2. The topological polar surface area (TPSA) is 74.7 Å². The summed E-state index contributed by atoms with van der Waals surface area (Å²) >= 11 is 0. The smallest absolute Gasteiger partial charge is 0.335 e. The van der Waals surface area contributed by atoms with E-state index in [0.717, 1.165) is 22.5 Å². The number of halogens is 1. The van der Waals surface area contributed by atoms with Gasteiger partial charge in [-0.05, 0) is 18.2 Å². The molecule has 0 aliphatic heterocycles. The Kier molecular flexibility index (Phi) is 3.84. The van der Waals surface area contributed by atoms with Gasteiger partial charge < -0.3 is 5.11 Å². The molecule has 5 nitrogen and oxygen atoms in total. The minimum absolute atomic E-state index is 0.166. The zero-order chi connectivity index (χ0) is 13.2. The van der Waals surface area contributed by atoms with Crippen LogP contribution in [-0.4, -0.2) is 37.4 Å². The zero-order valence-electron chi connectivity index (χ0n) is 9.34. The van der Waals surface area contributed by atoms with Gasteiger partial charge in [0.15, 0.2) is 0 Å². The maximum absolute atomic E-state index is 13.4. The molecule has 0 unspecified atom stereocenters. The second kappa shape index (κ2) is 4.80. The van der Waals surface area contributed by atoms with Crippen molar-refractivity contribution in [1.82, 2.24) is 4.31 Å². The fourth-order valence-corrected chi connectivity index (χ4v) is 2.44. The number of rotatable bonds is 4. The van der Waals surface area contributed by atoms with Gasteiger partial charge in [-0.2, -0.15) is 0 Å². The van der Waals surface area contributed by atoms with Crippen LogP contribution < -0.4 is 0 Å². The van der Waals surface area contributed by atoms with Crippen molar-refractivity contribution in [2.24, 2.45) is 0 Å². The summed E-state index contributed by atoms with van der Waals surface area (Å²) in [5, 5.41) is 8.73. The standard InChI is InChI=1S/C10H12FNO4S/c1-3-12(2)17(15,16)9-6-7(10(13)14)4-5-8(9)11/h4-6H,3H2,1-2H3,(H,13,14). The normalized spacial score (nSPS) is 11.8. The average molecular weight is 261 g/mol. The molecule has 0 saturated heterocycles. The summed E-state index contributed by atoms with van der Waals surface area (Å²) < 4.78 is 38.1. The minimum Gasteiger partial charge on any atom is -0.478 e. The summed E-state index contributed by atoms with van der Waals surface area (Å²) in [6.07, 6.45) is 0. The summed E-state index contributed by atoms with van der Waals surface area (Å²) in [6, 6.07) is 2.67. The average Bonchev–Trinajstić information content (AvgIpc) is 2.27. The number of carboxylic acid groups (broad SMARTS) is 1. The molecule has 1 rings (SSSR count). The fourth-order valence-electron chi connectivity index (χ4n) is 1.17. The van der Waals surface area contributed by atoms with Crippen LogP contribution in [0.3, 0.4) is 0 Å². The number of carboxylic acids is 1. The summed E-state index contributed by atoms with van der Waals surface area (Å²) in [7, 11) is -2.69. The second-order valence-corrected chi connectivity index (χ2v) is 5.38. The van der Waals surface area contributed by atoms with Crippen LogP contribution in [0.25, 0.3) is 0 Å². The molecule has 0 fully saturated rings. The van der Waals surface area contributed by atoms with Gasteiger partial charge in [-0.1, -0.05) is 6.92 Å². The Balaban J connectivity index is 3.40. The number of hydrogen-bond acceptors (Lipinski definition) is 3. The maximum atomic E-state index is 13.4. The Morgan fingerprint density at radius 1 is 1.47 bits per heavy atom. The van der Waals surface area contributed by atoms with Crippen LogP contribution in [0.1, 0.15) is 17.3 Å². The van der Waals surface area contributed by atoms with Gasteiger partial charge in [0.2, 0.25) is 10.0 Å². The van der Waals surface area contributed by atoms with E-state index >= 15 is 0 Å². The van der Waals surface area contributed by atoms with Crippen molar-refractivity contribution in [3.63, 3.8) is 0 Å². The van der Waals surface area contributed by atoms with Gasteiger partial charge in [0, 0.05) is 13.6 Å². The molecule has 7 heteroatoms. The van der Waals surface area contributed by atoms with E-state index in [4.69, 9.17) is 5.11 Å². The summed E-state index contributed by atoms with van der Waals surface area (Å²) in [5.74, 6) is -2.27. The third-order valence-corrected chi connectivity index (χ3v) is 4.26. The molecular formula is C10H12FNO4S. The van der Waals surface area contributed by atoms with Crippen LogP contribution >= 0.6 is 0 Å². The first-order valence-electron chi connectivity index (χ1n) is 4.80. The second-order valence-electron chi connectivity index (χ2n) is 3.37. The van der Waals surface area contributed by atoms with Crippen LogP contribution in [0.15, 0.2) is 23.1 Å². The number of sulfonamides is 1. The summed E-state index contributed by atoms with van der Waals surface area (Å²) in [4.78, 5) is 10.1. The first-order chi connectivity index (χ1) is 7.80. The SMILES string of the molecule is CCN(C)S(=O)(=O)c1cc(C(=O)O)ccc1F. The summed E-state index contributed by atoms with van der Waals surface area (Å²) in [6.45, 7) is 1.76. The highest BCUT2D eigenvalue weighted by Crippen LogP contribution is 2.19. The lowest BCUT2D eigenvalue weighted by Crippen LogP contribution is -2.27. The molecule has 0 saturated carbocycles. The molecule has 94 valence electrons. The van der Waals surface area contributed by atoms with Gasteiger partial charge in [0.1, 0.15) is 10.7 Å². The number of carbonyl (C=O) groups is 1. The van der Waals surface area contributed by atoms with E-state index in [2.05, 4.69) is 0 Å². The molecule has 0 atom stereocenters. The third kappa shape index (κ3) is 2.62. The van der Waals surface area contributed by atoms with Gasteiger partial charge in [-0.15, -0.1) is 0 Å². The van der Waals surface area contributed by atoms with Gasteiger partial charge in [0.05, 0.1) is 5.56 Å². The van der Waals surface area contributed by atoms with Crippen molar-refractivity contribution in [2.45, 2.75) is 11.8 Å². The molecule has 0 heterocycles. The highest BCUT2D eigenvalue weighted by atomic mass is 32.2. The van der Waals surface area contributed by atoms with Crippen molar-refractivity contribution >= 4 is 16.0 Å². The number of benzene rings is 1. The Labute approximate surface area is 98.5 Å². The Bertz CT molecular complexity index is 541. The molecule has 1 N–H and O–H groups in total. The van der Waals surface area contributed by atoms with Crippen molar-refractivity contribution < 1.29 is 22.7 Å². The molecule has 0 radical (unpaired) electrons. The Morgan fingerprint density at radius 2 is 2.06 bits per heavy atom. The molecule has 0 aliphatic rings. The van der Waals surface area contributed by atoms with Crippen molar-refractivity contribution in [3.8, 4) is 0 Å². The van der Waals surface area contributed by atoms with E-state index in [1.165, 1.54) is 7.05 Å². The van der Waals surface area contributed by atoms with Gasteiger partial charge in [-0.25, -0.2) is 21.9 Å². The van der Waals surface area contributed by atoms with Crippen LogP contribution in [0.2, 0.25) is 0 Å². The number of nitrogens with zero attached hydrogens (tertiary/aromatic N) is 1. The van der Waals surface area contributed by atoms with Crippen molar-refractivity contribution in [2.75, 3.05) is 13.6 Å². The van der Waals surface area contributed by atoms with E-state index in [9.17, 15) is 17.6 Å². The van der Waals surface area contributed by atoms with Gasteiger partial charge in [0.25, 0.3) is 0 Å². The van der Waals surface area contributed by atoms with Crippen LogP contribution in [0.4, 0.5) is 4.39 Å². The lowest BCUT2D eigenvalue weighted by atomic mass is 10.2.